The van der Waals surface area contributed by atoms with Gasteiger partial charge in [-0.3, -0.25) is 0 Å². The molecule has 0 saturated heterocycles. The van der Waals surface area contributed by atoms with E-state index in [0.29, 0.717) is 13.1 Å². The average Bonchev–Trinajstić information content (AvgIpc) is 3.13. The van der Waals surface area contributed by atoms with Gasteiger partial charge in [-0.2, -0.15) is 0 Å². The van der Waals surface area contributed by atoms with Gasteiger partial charge in [-0.15, -0.1) is 0 Å². The molecule has 1 fully saturated rings. The number of aliphatic carboxylic acids is 1. The van der Waals surface area contributed by atoms with Gasteiger partial charge in [0.05, 0.1) is 0 Å². The molecule has 2 N–H and O–H groups in total. The second-order valence-electron chi connectivity index (χ2n) is 5.46. The van der Waals surface area contributed by atoms with Crippen LogP contribution in [0.15, 0.2) is 11.6 Å². The van der Waals surface area contributed by atoms with E-state index in [-0.39, 0.29) is 11.9 Å². The van der Waals surface area contributed by atoms with Gasteiger partial charge in [0.2, 0.25) is 0 Å². The molecule has 2 aliphatic rings. The lowest BCUT2D eigenvalue weighted by Crippen LogP contribution is -2.58. The van der Waals surface area contributed by atoms with Crippen molar-refractivity contribution in [1.82, 2.24) is 10.2 Å². The molecule has 1 atom stereocenters. The lowest BCUT2D eigenvalue weighted by molar-refractivity contribution is -0.144. The van der Waals surface area contributed by atoms with Gasteiger partial charge in [-0.25, -0.2) is 9.59 Å². The Bertz CT molecular complexity index is 401. The molecule has 2 amide bonds. The molecular formula is C13H20N2O3. The third-order valence-electron chi connectivity index (χ3n) is 3.93. The molecule has 18 heavy (non-hydrogen) atoms. The number of carbonyl (C=O) groups is 2. The van der Waals surface area contributed by atoms with E-state index < -0.39 is 11.5 Å². The summed E-state index contributed by atoms with van der Waals surface area (Å²) < 4.78 is 0. The maximum atomic E-state index is 12.1. The van der Waals surface area contributed by atoms with Crippen molar-refractivity contribution in [2.75, 3.05) is 13.1 Å². The van der Waals surface area contributed by atoms with Crippen LogP contribution in [0.1, 0.15) is 33.1 Å². The predicted octanol–water partition coefficient (Wildman–Crippen LogP) is 1.60. The highest BCUT2D eigenvalue weighted by Crippen LogP contribution is 2.39. The molecular weight excluding hydrogens is 232 g/mol. The van der Waals surface area contributed by atoms with Crippen molar-refractivity contribution in [3.63, 3.8) is 0 Å². The van der Waals surface area contributed by atoms with E-state index in [1.54, 1.807) is 11.8 Å². The number of urea groups is 1. The van der Waals surface area contributed by atoms with E-state index in [1.807, 2.05) is 13.0 Å². The normalized spacial score (nSPS) is 23.0. The lowest BCUT2D eigenvalue weighted by Gasteiger charge is -2.32. The van der Waals surface area contributed by atoms with Crippen LogP contribution in [0, 0.1) is 5.92 Å². The summed E-state index contributed by atoms with van der Waals surface area (Å²) in [5, 5.41) is 12.0. The molecule has 0 aromatic heterocycles. The largest absolute Gasteiger partial charge is 0.480 e. The number of carboxylic acids is 1. The van der Waals surface area contributed by atoms with Crippen LogP contribution in [0.5, 0.6) is 0 Å². The van der Waals surface area contributed by atoms with E-state index in [1.165, 1.54) is 5.57 Å². The molecule has 1 aliphatic carbocycles. The Hall–Kier alpha value is -1.52. The van der Waals surface area contributed by atoms with Gasteiger partial charge in [0.25, 0.3) is 0 Å². The van der Waals surface area contributed by atoms with Crippen molar-refractivity contribution in [3.05, 3.63) is 11.6 Å². The fourth-order valence-electron chi connectivity index (χ4n) is 2.25. The van der Waals surface area contributed by atoms with Crippen LogP contribution in [-0.4, -0.2) is 40.6 Å². The molecule has 1 heterocycles. The second kappa shape index (κ2) is 4.63. The Morgan fingerprint density at radius 3 is 2.61 bits per heavy atom. The number of amides is 2. The van der Waals surface area contributed by atoms with Gasteiger partial charge in [0.1, 0.15) is 5.54 Å². The van der Waals surface area contributed by atoms with Crippen molar-refractivity contribution in [1.29, 1.82) is 0 Å². The summed E-state index contributed by atoms with van der Waals surface area (Å²) in [5.41, 5.74) is 0.162. The molecule has 1 aliphatic heterocycles. The highest BCUT2D eigenvalue weighted by molar-refractivity contribution is 5.86. The van der Waals surface area contributed by atoms with Crippen molar-refractivity contribution in [2.24, 2.45) is 5.92 Å². The Balaban J connectivity index is 2.00. The van der Waals surface area contributed by atoms with Crippen LogP contribution < -0.4 is 5.32 Å². The highest BCUT2D eigenvalue weighted by Gasteiger charge is 2.49. The molecule has 5 nitrogen and oxygen atoms in total. The summed E-state index contributed by atoms with van der Waals surface area (Å²) in [7, 11) is 0. The molecule has 2 rings (SSSR count). The fraction of sp³-hybridized carbons (Fsp3) is 0.692. The summed E-state index contributed by atoms with van der Waals surface area (Å²) >= 11 is 0. The Morgan fingerprint density at radius 2 is 2.17 bits per heavy atom. The minimum absolute atomic E-state index is 0.0704. The average molecular weight is 252 g/mol. The maximum absolute atomic E-state index is 12.1. The first-order chi connectivity index (χ1) is 8.43. The van der Waals surface area contributed by atoms with Crippen LogP contribution in [0.25, 0.3) is 0 Å². The number of nitrogens with one attached hydrogen (secondary N) is 1. The van der Waals surface area contributed by atoms with Crippen LogP contribution in [0.3, 0.4) is 0 Å². The van der Waals surface area contributed by atoms with E-state index in [2.05, 4.69) is 5.32 Å². The van der Waals surface area contributed by atoms with Gasteiger partial charge in [0.15, 0.2) is 0 Å². The third kappa shape index (κ3) is 2.49. The molecule has 0 aromatic rings. The number of hydrogen-bond acceptors (Lipinski definition) is 2. The first-order valence-electron chi connectivity index (χ1n) is 6.39. The van der Waals surface area contributed by atoms with Crippen LogP contribution in [0.4, 0.5) is 4.79 Å². The fourth-order valence-corrected chi connectivity index (χ4v) is 2.25. The van der Waals surface area contributed by atoms with Crippen molar-refractivity contribution in [3.8, 4) is 0 Å². The van der Waals surface area contributed by atoms with E-state index in [4.69, 9.17) is 0 Å². The Morgan fingerprint density at radius 1 is 1.50 bits per heavy atom. The summed E-state index contributed by atoms with van der Waals surface area (Å²) in [6.45, 7) is 4.88. The molecule has 1 unspecified atom stereocenters. The standard InChI is InChI=1S/C13H20N2O3/c1-9-5-7-15(8-6-9)12(18)14-13(2,11(16)17)10-3-4-10/h5,10H,3-4,6-8H2,1-2H3,(H,14,18)(H,16,17). The first kappa shape index (κ1) is 12.9. The van der Waals surface area contributed by atoms with Crippen LogP contribution in [-0.2, 0) is 4.79 Å². The SMILES string of the molecule is CC1=CCN(C(=O)NC(C)(C(=O)O)C2CC2)CC1. The summed E-state index contributed by atoms with van der Waals surface area (Å²) in [6, 6.07) is -0.268. The Kier molecular flexibility index (Phi) is 3.32. The quantitative estimate of drug-likeness (QED) is 0.750. The smallest absolute Gasteiger partial charge is 0.329 e. The van der Waals surface area contributed by atoms with Crippen molar-refractivity contribution in [2.45, 2.75) is 38.6 Å². The Labute approximate surface area is 107 Å². The van der Waals surface area contributed by atoms with Crippen molar-refractivity contribution < 1.29 is 14.7 Å². The summed E-state index contributed by atoms with van der Waals surface area (Å²) in [6.07, 6.45) is 4.63. The zero-order valence-electron chi connectivity index (χ0n) is 10.9. The molecule has 0 spiro atoms. The molecule has 100 valence electrons. The molecule has 1 saturated carbocycles. The van der Waals surface area contributed by atoms with Gasteiger partial charge >= 0.3 is 12.0 Å². The first-order valence-corrected chi connectivity index (χ1v) is 6.39. The monoisotopic (exact) mass is 252 g/mol. The minimum atomic E-state index is -1.12. The summed E-state index contributed by atoms with van der Waals surface area (Å²) in [4.78, 5) is 25.1. The number of nitrogens with zero attached hydrogens (tertiary/aromatic N) is 1. The van der Waals surface area contributed by atoms with Crippen LogP contribution in [0.2, 0.25) is 0 Å². The number of rotatable bonds is 3. The zero-order valence-corrected chi connectivity index (χ0v) is 10.9. The summed E-state index contributed by atoms with van der Waals surface area (Å²) in [5.74, 6) is -0.872. The van der Waals surface area contributed by atoms with E-state index >= 15 is 0 Å². The maximum Gasteiger partial charge on any atom is 0.329 e. The van der Waals surface area contributed by atoms with Gasteiger partial charge in [-0.05, 0) is 39.0 Å². The molecule has 5 heteroatoms. The van der Waals surface area contributed by atoms with Crippen molar-refractivity contribution >= 4 is 12.0 Å². The predicted molar refractivity (Wildman–Crippen MR) is 67.2 cm³/mol. The molecule has 0 aromatic carbocycles. The van der Waals surface area contributed by atoms with Gasteiger partial charge < -0.3 is 15.3 Å². The zero-order chi connectivity index (χ0) is 13.3. The highest BCUT2D eigenvalue weighted by atomic mass is 16.4. The lowest BCUT2D eigenvalue weighted by atomic mass is 9.96. The molecule has 0 bridgehead atoms. The third-order valence-corrected chi connectivity index (χ3v) is 3.93. The van der Waals surface area contributed by atoms with Crippen LogP contribution >= 0.6 is 0 Å². The van der Waals surface area contributed by atoms with Gasteiger partial charge in [-0.1, -0.05) is 11.6 Å². The number of hydrogen-bond donors (Lipinski definition) is 2. The second-order valence-corrected chi connectivity index (χ2v) is 5.46. The van der Waals surface area contributed by atoms with E-state index in [9.17, 15) is 14.7 Å². The number of carboxylic acid groups (broad SMARTS) is 1. The molecule has 0 radical (unpaired) electrons. The minimum Gasteiger partial charge on any atom is -0.480 e. The number of carbonyl (C=O) groups excluding carboxylic acids is 1. The van der Waals surface area contributed by atoms with Gasteiger partial charge in [0, 0.05) is 13.1 Å². The van der Waals surface area contributed by atoms with E-state index in [0.717, 1.165) is 19.3 Å². The topological polar surface area (TPSA) is 69.6 Å².